The van der Waals surface area contributed by atoms with Crippen molar-refractivity contribution in [2.75, 3.05) is 6.54 Å². The molecule has 0 aromatic carbocycles. The third-order valence-electron chi connectivity index (χ3n) is 3.58. The summed E-state index contributed by atoms with van der Waals surface area (Å²) in [5.41, 5.74) is 2.69. The summed E-state index contributed by atoms with van der Waals surface area (Å²) in [7, 11) is 0. The van der Waals surface area contributed by atoms with Gasteiger partial charge in [0.25, 0.3) is 5.91 Å². The fourth-order valence-corrected chi connectivity index (χ4v) is 3.40. The number of rotatable bonds is 2. The van der Waals surface area contributed by atoms with E-state index in [2.05, 4.69) is 16.6 Å². The summed E-state index contributed by atoms with van der Waals surface area (Å²) in [5.74, 6) is 0.672. The number of nitrogens with zero attached hydrogens (tertiary/aromatic N) is 2. The van der Waals surface area contributed by atoms with E-state index in [0.29, 0.717) is 17.9 Å². The first-order chi connectivity index (χ1) is 9.20. The lowest BCUT2D eigenvalue weighted by molar-refractivity contribution is 0.0733. The van der Waals surface area contributed by atoms with Crippen molar-refractivity contribution in [3.05, 3.63) is 38.9 Å². The number of fused-ring (bicyclic) bond motifs is 1. The lowest BCUT2D eigenvalue weighted by Crippen LogP contribution is -2.35. The summed E-state index contributed by atoms with van der Waals surface area (Å²) in [6.45, 7) is 5.27. The number of hydrogen-bond acceptors (Lipinski definition) is 4. The van der Waals surface area contributed by atoms with Crippen molar-refractivity contribution >= 4 is 17.2 Å². The van der Waals surface area contributed by atoms with Crippen LogP contribution in [0.25, 0.3) is 0 Å². The zero-order valence-corrected chi connectivity index (χ0v) is 11.9. The number of thiophene rings is 1. The molecular weight excluding hydrogens is 260 g/mol. The van der Waals surface area contributed by atoms with Gasteiger partial charge in [0.1, 0.15) is 11.3 Å². The third kappa shape index (κ3) is 2.08. The van der Waals surface area contributed by atoms with Crippen molar-refractivity contribution in [1.82, 2.24) is 10.1 Å². The van der Waals surface area contributed by atoms with E-state index >= 15 is 0 Å². The Morgan fingerprint density at radius 2 is 2.42 bits per heavy atom. The minimum Gasteiger partial charge on any atom is -0.361 e. The normalized spacial score (nSPS) is 14.5. The SMILES string of the molecule is CCc1noc(C)c1C(=O)N1CCc2sccc2C1. The Bertz CT molecular complexity index is 615. The van der Waals surface area contributed by atoms with E-state index in [9.17, 15) is 4.79 Å². The molecule has 19 heavy (non-hydrogen) atoms. The van der Waals surface area contributed by atoms with Crippen molar-refractivity contribution in [2.24, 2.45) is 0 Å². The number of carbonyl (C=O) groups is 1. The lowest BCUT2D eigenvalue weighted by Gasteiger charge is -2.27. The first kappa shape index (κ1) is 12.4. The monoisotopic (exact) mass is 276 g/mol. The van der Waals surface area contributed by atoms with E-state index in [1.807, 2.05) is 11.8 Å². The minimum absolute atomic E-state index is 0.0486. The molecule has 0 fully saturated rings. The second-order valence-electron chi connectivity index (χ2n) is 4.76. The molecule has 3 rings (SSSR count). The molecule has 0 spiro atoms. The predicted octanol–water partition coefficient (Wildman–Crippen LogP) is 2.81. The average molecular weight is 276 g/mol. The maximum Gasteiger partial charge on any atom is 0.259 e. The maximum absolute atomic E-state index is 12.6. The van der Waals surface area contributed by atoms with Gasteiger partial charge < -0.3 is 9.42 Å². The van der Waals surface area contributed by atoms with E-state index < -0.39 is 0 Å². The molecule has 0 saturated carbocycles. The molecular formula is C14H16N2O2S. The predicted molar refractivity (Wildman–Crippen MR) is 73.4 cm³/mol. The van der Waals surface area contributed by atoms with E-state index in [1.165, 1.54) is 10.4 Å². The molecule has 0 unspecified atom stereocenters. The molecule has 0 atom stereocenters. The molecule has 3 heterocycles. The van der Waals surface area contributed by atoms with Crippen molar-refractivity contribution < 1.29 is 9.32 Å². The Morgan fingerprint density at radius 3 is 3.21 bits per heavy atom. The number of amides is 1. The van der Waals surface area contributed by atoms with Gasteiger partial charge >= 0.3 is 0 Å². The average Bonchev–Trinajstić information content (AvgIpc) is 3.02. The van der Waals surface area contributed by atoms with Crippen LogP contribution in [0.4, 0.5) is 0 Å². The lowest BCUT2D eigenvalue weighted by atomic mass is 10.1. The second kappa shape index (κ2) is 4.81. The van der Waals surface area contributed by atoms with Gasteiger partial charge in [-0.3, -0.25) is 4.79 Å². The molecule has 1 aliphatic rings. The van der Waals surface area contributed by atoms with Crippen molar-refractivity contribution in [1.29, 1.82) is 0 Å². The van der Waals surface area contributed by atoms with Crippen LogP contribution in [-0.4, -0.2) is 22.5 Å². The van der Waals surface area contributed by atoms with Gasteiger partial charge in [0.15, 0.2) is 0 Å². The highest BCUT2D eigenvalue weighted by Gasteiger charge is 2.27. The van der Waals surface area contributed by atoms with Crippen LogP contribution in [0.3, 0.4) is 0 Å². The van der Waals surface area contributed by atoms with Gasteiger partial charge in [-0.15, -0.1) is 11.3 Å². The molecule has 100 valence electrons. The summed E-state index contributed by atoms with van der Waals surface area (Å²) in [4.78, 5) is 15.9. The van der Waals surface area contributed by atoms with Crippen LogP contribution < -0.4 is 0 Å². The summed E-state index contributed by atoms with van der Waals surface area (Å²) >= 11 is 1.78. The largest absolute Gasteiger partial charge is 0.361 e. The van der Waals surface area contributed by atoms with Crippen molar-refractivity contribution in [2.45, 2.75) is 33.2 Å². The Balaban J connectivity index is 1.87. The van der Waals surface area contributed by atoms with E-state index in [0.717, 1.165) is 25.1 Å². The molecule has 0 bridgehead atoms. The van der Waals surface area contributed by atoms with Gasteiger partial charge in [0, 0.05) is 18.0 Å². The van der Waals surface area contributed by atoms with E-state index in [-0.39, 0.29) is 5.91 Å². The topological polar surface area (TPSA) is 46.3 Å². The number of carbonyl (C=O) groups excluding carboxylic acids is 1. The van der Waals surface area contributed by atoms with Crippen LogP contribution in [0.2, 0.25) is 0 Å². The number of aromatic nitrogens is 1. The summed E-state index contributed by atoms with van der Waals surface area (Å²) in [6.07, 6.45) is 1.67. The van der Waals surface area contributed by atoms with E-state index in [1.54, 1.807) is 18.3 Å². The van der Waals surface area contributed by atoms with Crippen molar-refractivity contribution in [3.63, 3.8) is 0 Å². The molecule has 1 amide bonds. The smallest absolute Gasteiger partial charge is 0.259 e. The summed E-state index contributed by atoms with van der Waals surface area (Å²) in [6, 6.07) is 2.11. The Labute approximate surface area is 116 Å². The molecule has 1 aliphatic heterocycles. The first-order valence-corrected chi connectivity index (χ1v) is 7.38. The Morgan fingerprint density at radius 1 is 1.58 bits per heavy atom. The zero-order valence-electron chi connectivity index (χ0n) is 11.1. The van der Waals surface area contributed by atoms with Gasteiger partial charge in [-0.05, 0) is 36.8 Å². The molecule has 0 saturated heterocycles. The minimum atomic E-state index is 0.0486. The van der Waals surface area contributed by atoms with Crippen LogP contribution >= 0.6 is 11.3 Å². The molecule has 4 nitrogen and oxygen atoms in total. The highest BCUT2D eigenvalue weighted by atomic mass is 32.1. The van der Waals surface area contributed by atoms with Crippen LogP contribution in [0.5, 0.6) is 0 Å². The highest BCUT2D eigenvalue weighted by molar-refractivity contribution is 7.10. The quantitative estimate of drug-likeness (QED) is 0.847. The second-order valence-corrected chi connectivity index (χ2v) is 5.76. The number of hydrogen-bond donors (Lipinski definition) is 0. The summed E-state index contributed by atoms with van der Waals surface area (Å²) in [5, 5.41) is 6.06. The van der Waals surface area contributed by atoms with Crippen LogP contribution in [0, 0.1) is 6.92 Å². The Hall–Kier alpha value is -1.62. The fraction of sp³-hybridized carbons (Fsp3) is 0.429. The fourth-order valence-electron chi connectivity index (χ4n) is 2.51. The molecule has 2 aromatic heterocycles. The molecule has 0 aliphatic carbocycles. The zero-order chi connectivity index (χ0) is 13.4. The van der Waals surface area contributed by atoms with Gasteiger partial charge in [0.2, 0.25) is 0 Å². The third-order valence-corrected chi connectivity index (χ3v) is 4.60. The number of aryl methyl sites for hydroxylation is 2. The van der Waals surface area contributed by atoms with Crippen LogP contribution in [-0.2, 0) is 19.4 Å². The Kier molecular flexibility index (Phi) is 3.14. The van der Waals surface area contributed by atoms with Gasteiger partial charge in [-0.25, -0.2) is 0 Å². The molecule has 2 aromatic rings. The molecule has 5 heteroatoms. The maximum atomic E-state index is 12.6. The van der Waals surface area contributed by atoms with E-state index in [4.69, 9.17) is 4.52 Å². The molecule has 0 radical (unpaired) electrons. The standard InChI is InChI=1S/C14H16N2O2S/c1-3-11-13(9(2)18-15-11)14(17)16-6-4-12-10(8-16)5-7-19-12/h5,7H,3-4,6,8H2,1-2H3. The van der Waals surface area contributed by atoms with Crippen LogP contribution in [0.15, 0.2) is 16.0 Å². The summed E-state index contributed by atoms with van der Waals surface area (Å²) < 4.78 is 5.16. The van der Waals surface area contributed by atoms with Gasteiger partial charge in [0.05, 0.1) is 5.69 Å². The van der Waals surface area contributed by atoms with Crippen molar-refractivity contribution in [3.8, 4) is 0 Å². The van der Waals surface area contributed by atoms with Crippen LogP contribution in [0.1, 0.15) is 39.2 Å². The molecule has 0 N–H and O–H groups in total. The highest BCUT2D eigenvalue weighted by Crippen LogP contribution is 2.26. The van der Waals surface area contributed by atoms with Gasteiger partial charge in [-0.1, -0.05) is 12.1 Å². The first-order valence-electron chi connectivity index (χ1n) is 6.50. The van der Waals surface area contributed by atoms with Gasteiger partial charge in [-0.2, -0.15) is 0 Å².